The predicted octanol–water partition coefficient (Wildman–Crippen LogP) is 5.01. The normalized spacial score (nSPS) is 11.8. The van der Waals surface area contributed by atoms with E-state index in [1.54, 1.807) is 12.4 Å². The summed E-state index contributed by atoms with van der Waals surface area (Å²) in [7, 11) is 1.32. The first-order valence-electron chi connectivity index (χ1n) is 9.01. The lowest BCUT2D eigenvalue weighted by Crippen LogP contribution is -2.11. The number of para-hydroxylation sites is 2. The average molecular weight is 385 g/mol. The van der Waals surface area contributed by atoms with Crippen LogP contribution in [0, 0.1) is 0 Å². The van der Waals surface area contributed by atoms with Crippen molar-refractivity contribution in [1.82, 2.24) is 9.97 Å². The molecule has 2 aromatic heterocycles. The predicted molar refractivity (Wildman–Crippen MR) is 117 cm³/mol. The van der Waals surface area contributed by atoms with Crippen LogP contribution < -0.4 is 10.7 Å². The summed E-state index contributed by atoms with van der Waals surface area (Å²) in [6.07, 6.45) is 6.85. The number of amides is 1. The lowest BCUT2D eigenvalue weighted by atomic mass is 10.2. The van der Waals surface area contributed by atoms with Crippen LogP contribution >= 0.6 is 0 Å². The van der Waals surface area contributed by atoms with Crippen molar-refractivity contribution in [3.05, 3.63) is 72.4 Å². The summed E-state index contributed by atoms with van der Waals surface area (Å²) in [5.74, 6) is 0.471. The number of fused-ring (bicyclic) bond motifs is 4. The van der Waals surface area contributed by atoms with Crippen molar-refractivity contribution in [3.63, 3.8) is 0 Å². The fourth-order valence-corrected chi connectivity index (χ4v) is 3.01. The summed E-state index contributed by atoms with van der Waals surface area (Å²) in [6, 6.07) is 17.8. The summed E-state index contributed by atoms with van der Waals surface area (Å²) in [5.41, 5.74) is 7.14. The molecule has 0 atom stereocenters. The second-order valence-electron chi connectivity index (χ2n) is 6.24. The monoisotopic (exact) mass is 385 g/mol. The molecule has 0 fully saturated rings. The zero-order valence-electron chi connectivity index (χ0n) is 15.7. The van der Waals surface area contributed by atoms with Crippen molar-refractivity contribution in [3.8, 4) is 0 Å². The first kappa shape index (κ1) is 18.2. The van der Waals surface area contributed by atoms with E-state index < -0.39 is 6.09 Å². The summed E-state index contributed by atoms with van der Waals surface area (Å²) in [6.45, 7) is 0. The number of pyridine rings is 1. The summed E-state index contributed by atoms with van der Waals surface area (Å²) in [4.78, 5) is 18.6. The lowest BCUT2D eigenvalue weighted by molar-refractivity contribution is 0.187. The zero-order valence-corrected chi connectivity index (χ0v) is 15.7. The van der Waals surface area contributed by atoms with Crippen molar-refractivity contribution < 1.29 is 9.53 Å². The van der Waals surface area contributed by atoms with Gasteiger partial charge in [0.15, 0.2) is 0 Å². The SMILES string of the molecule is C1=Cc2ccccc2NN=C1.COC(=O)Nc1cc2c(cn1)[nH]c1ccccc12. The second kappa shape index (κ2) is 8.26. The van der Waals surface area contributed by atoms with Crippen LogP contribution in [0.3, 0.4) is 0 Å². The Morgan fingerprint density at radius 2 is 1.86 bits per heavy atom. The van der Waals surface area contributed by atoms with Gasteiger partial charge in [-0.25, -0.2) is 9.78 Å². The fourth-order valence-electron chi connectivity index (χ4n) is 3.01. The molecule has 7 heteroatoms. The third-order valence-corrected chi connectivity index (χ3v) is 4.39. The van der Waals surface area contributed by atoms with Crippen LogP contribution in [0.25, 0.3) is 27.9 Å². The van der Waals surface area contributed by atoms with Gasteiger partial charge in [-0.2, -0.15) is 5.10 Å². The molecule has 3 heterocycles. The molecule has 0 saturated carbocycles. The number of methoxy groups -OCH3 is 1. The molecule has 0 unspecified atom stereocenters. The molecule has 5 rings (SSSR count). The highest BCUT2D eigenvalue weighted by molar-refractivity contribution is 6.08. The van der Waals surface area contributed by atoms with Gasteiger partial charge in [0.1, 0.15) is 5.82 Å². The van der Waals surface area contributed by atoms with Crippen molar-refractivity contribution in [2.75, 3.05) is 17.9 Å². The number of hydrogen-bond acceptors (Lipinski definition) is 5. The Balaban J connectivity index is 0.000000159. The highest BCUT2D eigenvalue weighted by atomic mass is 16.5. The Morgan fingerprint density at radius 3 is 2.76 bits per heavy atom. The molecular weight excluding hydrogens is 366 g/mol. The van der Waals surface area contributed by atoms with E-state index in [-0.39, 0.29) is 0 Å². The number of ether oxygens (including phenoxy) is 1. The molecule has 0 saturated heterocycles. The second-order valence-corrected chi connectivity index (χ2v) is 6.24. The number of aromatic nitrogens is 2. The topological polar surface area (TPSA) is 91.4 Å². The number of rotatable bonds is 1. The maximum Gasteiger partial charge on any atom is 0.412 e. The summed E-state index contributed by atoms with van der Waals surface area (Å²) in [5, 5.41) is 8.62. The van der Waals surface area contributed by atoms with Gasteiger partial charge in [0.25, 0.3) is 0 Å². The molecule has 144 valence electrons. The van der Waals surface area contributed by atoms with Gasteiger partial charge in [-0.3, -0.25) is 10.7 Å². The van der Waals surface area contributed by atoms with Crippen LogP contribution in [-0.4, -0.2) is 29.4 Å². The minimum atomic E-state index is -0.526. The van der Waals surface area contributed by atoms with E-state index in [2.05, 4.69) is 30.5 Å². The molecular formula is C22H19N5O2. The van der Waals surface area contributed by atoms with Gasteiger partial charge in [0, 0.05) is 22.5 Å². The van der Waals surface area contributed by atoms with Crippen molar-refractivity contribution in [1.29, 1.82) is 0 Å². The number of carbonyl (C=O) groups excluding carboxylic acids is 1. The highest BCUT2D eigenvalue weighted by Gasteiger charge is 2.07. The zero-order chi connectivity index (χ0) is 20.1. The van der Waals surface area contributed by atoms with Crippen LogP contribution in [0.4, 0.5) is 16.3 Å². The molecule has 1 aliphatic rings. The number of aromatic amines is 1. The van der Waals surface area contributed by atoms with Crippen molar-refractivity contribution in [2.45, 2.75) is 0 Å². The van der Waals surface area contributed by atoms with Crippen LogP contribution in [0.2, 0.25) is 0 Å². The van der Waals surface area contributed by atoms with Gasteiger partial charge in [0.2, 0.25) is 0 Å². The Bertz CT molecular complexity index is 1230. The van der Waals surface area contributed by atoms with E-state index in [0.717, 1.165) is 27.5 Å². The molecule has 29 heavy (non-hydrogen) atoms. The minimum Gasteiger partial charge on any atom is -0.453 e. The number of hydrazone groups is 1. The van der Waals surface area contributed by atoms with Crippen LogP contribution in [0.5, 0.6) is 0 Å². The molecule has 0 radical (unpaired) electrons. The number of allylic oxidation sites excluding steroid dienone is 1. The Hall–Kier alpha value is -4.13. The van der Waals surface area contributed by atoms with Crippen LogP contribution in [-0.2, 0) is 4.74 Å². The van der Waals surface area contributed by atoms with E-state index in [1.165, 1.54) is 12.7 Å². The third kappa shape index (κ3) is 4.08. The number of nitrogens with one attached hydrogen (secondary N) is 3. The average Bonchev–Trinajstić information content (AvgIpc) is 2.95. The molecule has 0 aliphatic carbocycles. The summed E-state index contributed by atoms with van der Waals surface area (Å²) >= 11 is 0. The number of anilines is 2. The van der Waals surface area contributed by atoms with Crippen molar-refractivity contribution in [2.24, 2.45) is 5.10 Å². The first-order valence-corrected chi connectivity index (χ1v) is 9.01. The van der Waals surface area contributed by atoms with E-state index in [9.17, 15) is 4.79 Å². The van der Waals surface area contributed by atoms with Crippen LogP contribution in [0.1, 0.15) is 5.56 Å². The molecule has 1 amide bonds. The minimum absolute atomic E-state index is 0.471. The number of hydrogen-bond donors (Lipinski definition) is 3. The molecule has 0 spiro atoms. The van der Waals surface area contributed by atoms with Gasteiger partial charge in [-0.05, 0) is 29.8 Å². The Labute approximate surface area is 167 Å². The van der Waals surface area contributed by atoms with Gasteiger partial charge in [0.05, 0.1) is 24.5 Å². The van der Waals surface area contributed by atoms with E-state index in [1.807, 2.05) is 66.7 Å². The number of nitrogens with zero attached hydrogens (tertiary/aromatic N) is 2. The van der Waals surface area contributed by atoms with E-state index >= 15 is 0 Å². The number of benzene rings is 2. The summed E-state index contributed by atoms with van der Waals surface area (Å²) < 4.78 is 4.54. The molecule has 7 nitrogen and oxygen atoms in total. The largest absolute Gasteiger partial charge is 0.453 e. The first-order chi connectivity index (χ1) is 14.2. The highest BCUT2D eigenvalue weighted by Crippen LogP contribution is 2.26. The molecule has 2 aromatic carbocycles. The quantitative estimate of drug-likeness (QED) is 0.430. The number of carbonyl (C=O) groups is 1. The van der Waals surface area contributed by atoms with Gasteiger partial charge in [-0.15, -0.1) is 0 Å². The van der Waals surface area contributed by atoms with Crippen molar-refractivity contribution >= 4 is 51.7 Å². The molecule has 3 N–H and O–H groups in total. The number of H-pyrrole nitrogens is 1. The maximum absolute atomic E-state index is 11.1. The molecule has 4 aromatic rings. The molecule has 0 bridgehead atoms. The standard InChI is InChI=1S/C13H11N3O2.C9H8N2/c1-18-13(17)16-12-6-9-8-4-2-3-5-10(8)15-11(9)7-14-12;1-2-6-9-8(4-1)5-3-7-10-11-9/h2-7,15H,1H3,(H,14,16,17);1-7,11H. The Kier molecular flexibility index (Phi) is 5.20. The van der Waals surface area contributed by atoms with Gasteiger partial charge >= 0.3 is 6.09 Å². The van der Waals surface area contributed by atoms with Gasteiger partial charge in [-0.1, -0.05) is 42.5 Å². The fraction of sp³-hybridized carbons (Fsp3) is 0.0455. The Morgan fingerprint density at radius 1 is 1.03 bits per heavy atom. The molecule has 1 aliphatic heterocycles. The smallest absolute Gasteiger partial charge is 0.412 e. The maximum atomic E-state index is 11.1. The van der Waals surface area contributed by atoms with E-state index in [4.69, 9.17) is 0 Å². The van der Waals surface area contributed by atoms with Gasteiger partial charge < -0.3 is 9.72 Å². The van der Waals surface area contributed by atoms with Crippen LogP contribution in [0.15, 0.2) is 72.0 Å². The lowest BCUT2D eigenvalue weighted by Gasteiger charge is -2.02. The third-order valence-electron chi connectivity index (χ3n) is 4.39. The van der Waals surface area contributed by atoms with E-state index in [0.29, 0.717) is 5.82 Å².